The van der Waals surface area contributed by atoms with Gasteiger partial charge in [0.2, 0.25) is 11.8 Å². The molecule has 0 spiro atoms. The van der Waals surface area contributed by atoms with E-state index in [9.17, 15) is 9.59 Å². The summed E-state index contributed by atoms with van der Waals surface area (Å²) in [6.45, 7) is 9.88. The second-order valence-electron chi connectivity index (χ2n) is 5.94. The fourth-order valence-electron chi connectivity index (χ4n) is 2.61. The van der Waals surface area contributed by atoms with E-state index in [1.54, 1.807) is 6.92 Å². The number of amides is 2. The van der Waals surface area contributed by atoms with Crippen molar-refractivity contribution in [3.8, 4) is 0 Å². The molecule has 0 saturated carbocycles. The second-order valence-corrected chi connectivity index (χ2v) is 5.94. The van der Waals surface area contributed by atoms with Crippen LogP contribution in [0.25, 0.3) is 0 Å². The van der Waals surface area contributed by atoms with Crippen LogP contribution in [0.15, 0.2) is 0 Å². The van der Waals surface area contributed by atoms with Gasteiger partial charge in [0.05, 0.1) is 6.04 Å². The van der Waals surface area contributed by atoms with Crippen molar-refractivity contribution in [2.24, 2.45) is 5.73 Å². The molecule has 0 unspecified atom stereocenters. The fourth-order valence-corrected chi connectivity index (χ4v) is 2.61. The Labute approximate surface area is 109 Å². The van der Waals surface area contributed by atoms with Crippen LogP contribution in [0.5, 0.6) is 0 Å². The van der Waals surface area contributed by atoms with Crippen LogP contribution >= 0.6 is 0 Å². The van der Waals surface area contributed by atoms with E-state index in [4.69, 9.17) is 5.73 Å². The van der Waals surface area contributed by atoms with Crippen LogP contribution < -0.4 is 5.73 Å². The van der Waals surface area contributed by atoms with Gasteiger partial charge in [-0.2, -0.15) is 0 Å². The number of hydrogen-bond donors (Lipinski definition) is 1. The molecule has 0 aromatic rings. The second kappa shape index (κ2) is 5.69. The predicted molar refractivity (Wildman–Crippen MR) is 70.9 cm³/mol. The van der Waals surface area contributed by atoms with Crippen LogP contribution in [-0.4, -0.2) is 52.8 Å². The Morgan fingerprint density at radius 2 is 2.00 bits per heavy atom. The summed E-state index contributed by atoms with van der Waals surface area (Å²) in [5.74, 6) is -0.185. The molecule has 0 aromatic heterocycles. The van der Waals surface area contributed by atoms with Gasteiger partial charge in [-0.05, 0) is 40.2 Å². The van der Waals surface area contributed by atoms with Gasteiger partial charge in [0.25, 0.3) is 0 Å². The van der Waals surface area contributed by atoms with Crippen molar-refractivity contribution in [1.82, 2.24) is 9.80 Å². The summed E-state index contributed by atoms with van der Waals surface area (Å²) in [5, 5.41) is 0. The van der Waals surface area contributed by atoms with Crippen molar-refractivity contribution in [2.45, 2.75) is 52.1 Å². The number of nitrogens with two attached hydrogens (primary N) is 1. The molecule has 5 heteroatoms. The molecule has 0 aromatic carbocycles. The lowest BCUT2D eigenvalue weighted by Crippen LogP contribution is -2.50. The molecule has 0 radical (unpaired) electrons. The van der Waals surface area contributed by atoms with Gasteiger partial charge in [-0.25, -0.2) is 0 Å². The van der Waals surface area contributed by atoms with Gasteiger partial charge in [0.1, 0.15) is 0 Å². The first-order valence-electron chi connectivity index (χ1n) is 6.55. The molecule has 0 aliphatic carbocycles. The number of rotatable bonds is 4. The number of likely N-dealkylation sites (tertiary alicyclic amines) is 1. The monoisotopic (exact) mass is 255 g/mol. The lowest BCUT2D eigenvalue weighted by atomic mass is 10.1. The van der Waals surface area contributed by atoms with E-state index in [0.29, 0.717) is 13.1 Å². The lowest BCUT2D eigenvalue weighted by molar-refractivity contribution is -0.133. The van der Waals surface area contributed by atoms with Crippen molar-refractivity contribution in [3.05, 3.63) is 0 Å². The van der Waals surface area contributed by atoms with Crippen molar-refractivity contribution < 1.29 is 9.59 Å². The maximum absolute atomic E-state index is 11.6. The highest BCUT2D eigenvalue weighted by Crippen LogP contribution is 2.18. The molecular formula is C13H25N3O2. The van der Waals surface area contributed by atoms with Crippen molar-refractivity contribution in [3.63, 3.8) is 0 Å². The van der Waals surface area contributed by atoms with Gasteiger partial charge in [-0.15, -0.1) is 0 Å². The maximum Gasteiger partial charge on any atom is 0.234 e. The van der Waals surface area contributed by atoms with E-state index < -0.39 is 0 Å². The number of carbonyl (C=O) groups excluding carboxylic acids is 2. The Balaban J connectivity index is 2.57. The quantitative estimate of drug-likeness (QED) is 0.799. The molecule has 1 aliphatic rings. The van der Waals surface area contributed by atoms with E-state index in [2.05, 4.69) is 4.90 Å². The van der Waals surface area contributed by atoms with Crippen molar-refractivity contribution in [1.29, 1.82) is 0 Å². The molecule has 2 N–H and O–H groups in total. The van der Waals surface area contributed by atoms with Crippen molar-refractivity contribution >= 4 is 11.8 Å². The first-order valence-corrected chi connectivity index (χ1v) is 6.55. The zero-order valence-corrected chi connectivity index (χ0v) is 11.9. The average Bonchev–Trinajstić information content (AvgIpc) is 2.63. The SMILES string of the molecule is CC(=O)N(CCN1CCC[C@@H]1C(N)=O)C(C)(C)C. The van der Waals surface area contributed by atoms with E-state index in [-0.39, 0.29) is 23.4 Å². The molecular weight excluding hydrogens is 230 g/mol. The topological polar surface area (TPSA) is 66.6 Å². The van der Waals surface area contributed by atoms with Gasteiger partial charge in [-0.3, -0.25) is 14.5 Å². The molecule has 1 heterocycles. The number of nitrogens with zero attached hydrogens (tertiary/aromatic N) is 2. The minimum atomic E-state index is -0.252. The summed E-state index contributed by atoms with van der Waals surface area (Å²) in [5.41, 5.74) is 5.19. The predicted octanol–water partition coefficient (Wildman–Crippen LogP) is 0.583. The molecule has 1 fully saturated rings. The summed E-state index contributed by atoms with van der Waals surface area (Å²) in [6.07, 6.45) is 1.84. The molecule has 1 saturated heterocycles. The molecule has 104 valence electrons. The molecule has 1 aliphatic heterocycles. The molecule has 1 atom stereocenters. The highest BCUT2D eigenvalue weighted by atomic mass is 16.2. The average molecular weight is 255 g/mol. The summed E-state index contributed by atoms with van der Waals surface area (Å²) < 4.78 is 0. The van der Waals surface area contributed by atoms with Gasteiger partial charge in [0, 0.05) is 25.6 Å². The largest absolute Gasteiger partial charge is 0.368 e. The summed E-state index contributed by atoms with van der Waals surface area (Å²) in [6, 6.07) is -0.154. The molecule has 1 rings (SSSR count). The Kier molecular flexibility index (Phi) is 4.73. The van der Waals surface area contributed by atoms with Crippen LogP contribution in [0, 0.1) is 0 Å². The van der Waals surface area contributed by atoms with Gasteiger partial charge < -0.3 is 10.6 Å². The lowest BCUT2D eigenvalue weighted by Gasteiger charge is -2.36. The maximum atomic E-state index is 11.6. The first kappa shape index (κ1) is 15.0. The van der Waals surface area contributed by atoms with Crippen LogP contribution in [0.4, 0.5) is 0 Å². The zero-order valence-electron chi connectivity index (χ0n) is 11.9. The Bertz CT molecular complexity index is 323. The standard InChI is InChI=1S/C13H25N3O2/c1-10(17)16(13(2,3)4)9-8-15-7-5-6-11(15)12(14)18/h11H,5-9H2,1-4H3,(H2,14,18)/t11-/m1/s1. The molecule has 5 nitrogen and oxygen atoms in total. The van der Waals surface area contributed by atoms with Crippen LogP contribution in [-0.2, 0) is 9.59 Å². The van der Waals surface area contributed by atoms with E-state index in [1.807, 2.05) is 25.7 Å². The third-order valence-corrected chi connectivity index (χ3v) is 3.49. The first-order chi connectivity index (χ1) is 8.23. The van der Waals surface area contributed by atoms with E-state index in [1.165, 1.54) is 0 Å². The normalized spacial score (nSPS) is 21.0. The highest BCUT2D eigenvalue weighted by molar-refractivity contribution is 5.80. The van der Waals surface area contributed by atoms with Gasteiger partial charge in [-0.1, -0.05) is 0 Å². The minimum Gasteiger partial charge on any atom is -0.368 e. The zero-order chi connectivity index (χ0) is 13.9. The number of primary amides is 1. The number of carbonyl (C=O) groups is 2. The Morgan fingerprint density at radius 3 is 2.44 bits per heavy atom. The Morgan fingerprint density at radius 1 is 1.39 bits per heavy atom. The van der Waals surface area contributed by atoms with Crippen LogP contribution in [0.3, 0.4) is 0 Å². The smallest absolute Gasteiger partial charge is 0.234 e. The summed E-state index contributed by atoms with van der Waals surface area (Å²) >= 11 is 0. The molecule has 18 heavy (non-hydrogen) atoms. The number of hydrogen-bond acceptors (Lipinski definition) is 3. The summed E-state index contributed by atoms with van der Waals surface area (Å²) in [4.78, 5) is 26.8. The third kappa shape index (κ3) is 3.70. The van der Waals surface area contributed by atoms with Crippen molar-refractivity contribution in [2.75, 3.05) is 19.6 Å². The summed E-state index contributed by atoms with van der Waals surface area (Å²) in [7, 11) is 0. The Hall–Kier alpha value is -1.10. The van der Waals surface area contributed by atoms with E-state index >= 15 is 0 Å². The molecule has 2 amide bonds. The minimum absolute atomic E-state index is 0.0670. The third-order valence-electron chi connectivity index (χ3n) is 3.49. The van der Waals surface area contributed by atoms with Crippen LogP contribution in [0.2, 0.25) is 0 Å². The highest BCUT2D eigenvalue weighted by Gasteiger charge is 2.30. The van der Waals surface area contributed by atoms with E-state index in [0.717, 1.165) is 19.4 Å². The fraction of sp³-hybridized carbons (Fsp3) is 0.846. The van der Waals surface area contributed by atoms with Gasteiger partial charge >= 0.3 is 0 Å². The molecule has 0 bridgehead atoms. The van der Waals surface area contributed by atoms with Gasteiger partial charge in [0.15, 0.2) is 0 Å². The van der Waals surface area contributed by atoms with Crippen LogP contribution in [0.1, 0.15) is 40.5 Å².